The number of pyridine rings is 1. The summed E-state index contributed by atoms with van der Waals surface area (Å²) in [6, 6.07) is 4.47. The van der Waals surface area contributed by atoms with Crippen molar-refractivity contribution in [2.75, 3.05) is 23.3 Å². The number of fused-ring (bicyclic) bond motifs is 1. The van der Waals surface area contributed by atoms with Gasteiger partial charge in [0.1, 0.15) is 12.7 Å². The second-order valence-electron chi connectivity index (χ2n) is 9.27. The van der Waals surface area contributed by atoms with Gasteiger partial charge in [-0.15, -0.1) is 0 Å². The van der Waals surface area contributed by atoms with Gasteiger partial charge in [-0.05, 0) is 31.9 Å². The fourth-order valence-corrected chi connectivity index (χ4v) is 4.55. The Hall–Kier alpha value is -4.35. The van der Waals surface area contributed by atoms with E-state index in [4.69, 9.17) is 9.51 Å². The first-order chi connectivity index (χ1) is 17.6. The number of hydrogen-bond donors (Lipinski definition) is 1. The number of nitrogens with one attached hydrogen (secondary N) is 1. The second kappa shape index (κ2) is 9.02. The number of imidazole rings is 1. The molecule has 0 bridgehead atoms. The Morgan fingerprint density at radius 3 is 2.69 bits per heavy atom. The van der Waals surface area contributed by atoms with E-state index in [9.17, 15) is 0 Å². The Labute approximate surface area is 207 Å². The van der Waals surface area contributed by atoms with Crippen molar-refractivity contribution in [2.45, 2.75) is 45.4 Å². The predicted molar refractivity (Wildman–Crippen MR) is 133 cm³/mol. The molecule has 0 unspecified atom stereocenters. The maximum atomic E-state index is 5.49. The molecule has 0 spiro atoms. The van der Waals surface area contributed by atoms with Crippen LogP contribution in [0, 0.1) is 6.92 Å². The van der Waals surface area contributed by atoms with E-state index in [-0.39, 0.29) is 5.92 Å². The molecule has 184 valence electrons. The van der Waals surface area contributed by atoms with E-state index in [1.54, 1.807) is 17.2 Å². The molecule has 5 aromatic rings. The summed E-state index contributed by atoms with van der Waals surface area (Å²) in [6.07, 6.45) is 10.8. The van der Waals surface area contributed by atoms with Crippen molar-refractivity contribution < 1.29 is 4.52 Å². The molecule has 0 amide bonds. The monoisotopic (exact) mass is 485 g/mol. The average Bonchev–Trinajstić information content (AvgIpc) is 3.66. The van der Waals surface area contributed by atoms with Crippen molar-refractivity contribution in [3.8, 4) is 5.82 Å². The van der Waals surface area contributed by atoms with Crippen molar-refractivity contribution in [3.05, 3.63) is 60.6 Å². The van der Waals surface area contributed by atoms with Gasteiger partial charge in [0.15, 0.2) is 23.1 Å². The van der Waals surface area contributed by atoms with Crippen molar-refractivity contribution >= 4 is 23.2 Å². The van der Waals surface area contributed by atoms with E-state index in [1.165, 1.54) is 12.0 Å². The van der Waals surface area contributed by atoms with Crippen LogP contribution >= 0.6 is 0 Å². The Bertz CT molecular complexity index is 1480. The Morgan fingerprint density at radius 2 is 1.97 bits per heavy atom. The molecule has 5 aromatic heterocycles. The highest BCUT2D eigenvalue weighted by Gasteiger charge is 2.27. The van der Waals surface area contributed by atoms with Crippen LogP contribution in [0.5, 0.6) is 0 Å². The van der Waals surface area contributed by atoms with E-state index in [2.05, 4.69) is 58.7 Å². The van der Waals surface area contributed by atoms with Gasteiger partial charge in [0.25, 0.3) is 0 Å². The van der Waals surface area contributed by atoms with Crippen LogP contribution in [0.25, 0.3) is 11.5 Å². The molecule has 1 aliphatic rings. The number of hydrogen-bond acceptors (Lipinski definition) is 10. The number of aryl methyl sites for hydroxylation is 1. The van der Waals surface area contributed by atoms with Crippen LogP contribution in [0.15, 0.2) is 47.9 Å². The normalized spacial score (nSPS) is 14.7. The molecule has 36 heavy (non-hydrogen) atoms. The molecule has 6 rings (SSSR count). The minimum absolute atomic E-state index is 0.251. The molecule has 0 aliphatic carbocycles. The summed E-state index contributed by atoms with van der Waals surface area (Å²) in [6.45, 7) is 7.79. The van der Waals surface area contributed by atoms with Gasteiger partial charge in [0.2, 0.25) is 0 Å². The molecule has 0 radical (unpaired) electrons. The van der Waals surface area contributed by atoms with E-state index in [1.807, 2.05) is 31.5 Å². The van der Waals surface area contributed by atoms with Gasteiger partial charge in [-0.1, -0.05) is 19.0 Å². The van der Waals surface area contributed by atoms with E-state index in [0.717, 1.165) is 48.8 Å². The number of nitrogens with zero attached hydrogens (tertiary/aromatic N) is 10. The topological polar surface area (TPSA) is 128 Å². The van der Waals surface area contributed by atoms with Crippen molar-refractivity contribution in [1.82, 2.24) is 44.3 Å². The minimum Gasteiger partial charge on any atom is -0.336 e. The Kier molecular flexibility index (Phi) is 5.55. The third-order valence-corrected chi connectivity index (χ3v) is 6.57. The number of piperidine rings is 1. The SMILES string of the molecule is Cc1nc(-n2cncn2)ccc1Nc1nccn2c(C3CCN(c4nc(C(C)C)no4)CC3)cnc12. The Morgan fingerprint density at radius 1 is 1.11 bits per heavy atom. The average molecular weight is 486 g/mol. The van der Waals surface area contributed by atoms with E-state index >= 15 is 0 Å². The number of aromatic nitrogens is 9. The summed E-state index contributed by atoms with van der Waals surface area (Å²) < 4.78 is 9.25. The van der Waals surface area contributed by atoms with Gasteiger partial charge in [-0.2, -0.15) is 10.1 Å². The summed E-state index contributed by atoms with van der Waals surface area (Å²) >= 11 is 0. The molecule has 0 aromatic carbocycles. The fourth-order valence-electron chi connectivity index (χ4n) is 4.55. The molecule has 12 heteroatoms. The zero-order chi connectivity index (χ0) is 24.6. The van der Waals surface area contributed by atoms with Crippen LogP contribution in [-0.2, 0) is 0 Å². The lowest BCUT2D eigenvalue weighted by atomic mass is 9.94. The smallest absolute Gasteiger partial charge is 0.324 e. The summed E-state index contributed by atoms with van der Waals surface area (Å²) in [4.78, 5) is 24.6. The van der Waals surface area contributed by atoms with Gasteiger partial charge >= 0.3 is 6.01 Å². The highest BCUT2D eigenvalue weighted by molar-refractivity contribution is 5.71. The van der Waals surface area contributed by atoms with Crippen LogP contribution in [-0.4, -0.2) is 57.3 Å². The molecule has 1 aliphatic heterocycles. The number of anilines is 3. The van der Waals surface area contributed by atoms with Gasteiger partial charge in [-0.25, -0.2) is 24.6 Å². The lowest BCUT2D eigenvalue weighted by Crippen LogP contribution is -2.33. The lowest BCUT2D eigenvalue weighted by molar-refractivity contribution is 0.386. The summed E-state index contributed by atoms with van der Waals surface area (Å²) in [7, 11) is 0. The first-order valence-electron chi connectivity index (χ1n) is 12.1. The molecule has 1 N–H and O–H groups in total. The summed E-state index contributed by atoms with van der Waals surface area (Å²) in [5.41, 5.74) is 3.65. The first-order valence-corrected chi connectivity index (χ1v) is 12.1. The molecule has 1 fully saturated rings. The van der Waals surface area contributed by atoms with Crippen LogP contribution in [0.2, 0.25) is 0 Å². The summed E-state index contributed by atoms with van der Waals surface area (Å²) in [5, 5.41) is 11.6. The molecular formula is C24H27N11O. The summed E-state index contributed by atoms with van der Waals surface area (Å²) in [5.74, 6) is 2.77. The zero-order valence-electron chi connectivity index (χ0n) is 20.4. The molecule has 0 atom stereocenters. The quantitative estimate of drug-likeness (QED) is 0.380. The highest BCUT2D eigenvalue weighted by atomic mass is 16.5. The first kappa shape index (κ1) is 22.1. The molecule has 6 heterocycles. The third kappa shape index (κ3) is 4.04. The van der Waals surface area contributed by atoms with Crippen LogP contribution in [0.3, 0.4) is 0 Å². The standard InChI is InChI=1S/C24H27N11O/c1-15(2)21-31-24(36-32-21)33-9-6-17(7-10-33)19-12-27-23-22(26-8-11-34(19)23)30-18-4-5-20(29-16(18)3)35-14-25-13-28-35/h4-5,8,11-15,17H,6-7,9-10H2,1-3H3,(H,26,30). The van der Waals surface area contributed by atoms with Crippen LogP contribution in [0.4, 0.5) is 17.5 Å². The third-order valence-electron chi connectivity index (χ3n) is 6.57. The zero-order valence-corrected chi connectivity index (χ0v) is 20.4. The largest absolute Gasteiger partial charge is 0.336 e. The van der Waals surface area contributed by atoms with Gasteiger partial charge in [0, 0.05) is 49.2 Å². The second-order valence-corrected chi connectivity index (χ2v) is 9.27. The van der Waals surface area contributed by atoms with Crippen LogP contribution < -0.4 is 10.2 Å². The maximum Gasteiger partial charge on any atom is 0.324 e. The van der Waals surface area contributed by atoms with E-state index in [0.29, 0.717) is 23.6 Å². The molecule has 1 saturated heterocycles. The fraction of sp³-hybridized carbons (Fsp3) is 0.375. The van der Waals surface area contributed by atoms with Gasteiger partial charge < -0.3 is 14.7 Å². The molecular weight excluding hydrogens is 458 g/mol. The predicted octanol–water partition coefficient (Wildman–Crippen LogP) is 3.65. The Balaban J connectivity index is 1.19. The van der Waals surface area contributed by atoms with E-state index < -0.39 is 0 Å². The van der Waals surface area contributed by atoms with Gasteiger partial charge in [0.05, 0.1) is 11.4 Å². The minimum atomic E-state index is 0.251. The molecule has 0 saturated carbocycles. The van der Waals surface area contributed by atoms with Crippen molar-refractivity contribution in [2.24, 2.45) is 0 Å². The van der Waals surface area contributed by atoms with Crippen molar-refractivity contribution in [3.63, 3.8) is 0 Å². The highest BCUT2D eigenvalue weighted by Crippen LogP contribution is 2.32. The molecule has 12 nitrogen and oxygen atoms in total. The maximum absolute atomic E-state index is 5.49. The van der Waals surface area contributed by atoms with Crippen molar-refractivity contribution in [1.29, 1.82) is 0 Å². The van der Waals surface area contributed by atoms with Gasteiger partial charge in [-0.3, -0.25) is 4.40 Å². The number of rotatable bonds is 6. The lowest BCUT2D eigenvalue weighted by Gasteiger charge is -2.30. The van der Waals surface area contributed by atoms with Crippen LogP contribution in [0.1, 0.15) is 55.7 Å².